The van der Waals surface area contributed by atoms with E-state index < -0.39 is 103 Å². The Balaban J connectivity index is 2.10. The van der Waals surface area contributed by atoms with Crippen molar-refractivity contribution in [2.24, 2.45) is 11.5 Å². The van der Waals surface area contributed by atoms with Gasteiger partial charge in [0.25, 0.3) is 0 Å². The zero-order chi connectivity index (χ0) is 40.4. The molecular weight excluding hydrogens is 749 g/mol. The molecule has 54 heavy (non-hydrogen) atoms. The van der Waals surface area contributed by atoms with Crippen molar-refractivity contribution in [2.75, 3.05) is 43.7 Å². The van der Waals surface area contributed by atoms with E-state index in [9.17, 15) is 53.7 Å². The fraction of sp³-hybridized carbons (Fsp3) is 0.576. The zero-order valence-electron chi connectivity index (χ0n) is 30.1. The lowest BCUT2D eigenvalue weighted by atomic mass is 10.0. The van der Waals surface area contributed by atoms with Crippen LogP contribution in [-0.2, 0) is 44.8 Å². The van der Waals surface area contributed by atoms with E-state index in [2.05, 4.69) is 26.6 Å². The van der Waals surface area contributed by atoms with Crippen molar-refractivity contribution >= 4 is 70.8 Å². The third-order valence-corrected chi connectivity index (χ3v) is 9.64. The molecule has 0 unspecified atom stereocenters. The lowest BCUT2D eigenvalue weighted by Crippen LogP contribution is -2.60. The number of rotatable bonds is 23. The van der Waals surface area contributed by atoms with Gasteiger partial charge in [0, 0.05) is 13.0 Å². The molecular formula is C33H50N8O11S2. The van der Waals surface area contributed by atoms with Crippen LogP contribution in [0.4, 0.5) is 0 Å². The minimum absolute atomic E-state index is 0.0297. The van der Waals surface area contributed by atoms with Crippen LogP contribution in [0.15, 0.2) is 24.3 Å². The highest BCUT2D eigenvalue weighted by molar-refractivity contribution is 7.98. The summed E-state index contributed by atoms with van der Waals surface area (Å²) in [6.07, 6.45) is 3.83. The van der Waals surface area contributed by atoms with Crippen LogP contribution in [0.2, 0.25) is 0 Å². The van der Waals surface area contributed by atoms with Crippen LogP contribution in [0, 0.1) is 0 Å². The number of thioether (sulfide) groups is 2. The molecule has 1 aromatic rings. The predicted molar refractivity (Wildman–Crippen MR) is 200 cm³/mol. The number of nitrogens with two attached hydrogens (primary N) is 2. The van der Waals surface area contributed by atoms with Gasteiger partial charge in [-0.15, -0.1) is 0 Å². The molecule has 19 nitrogen and oxygen atoms in total. The third-order valence-electron chi connectivity index (χ3n) is 8.35. The van der Waals surface area contributed by atoms with Gasteiger partial charge in [-0.05, 0) is 67.4 Å². The van der Waals surface area contributed by atoms with E-state index in [1.54, 1.807) is 6.26 Å². The van der Waals surface area contributed by atoms with Gasteiger partial charge in [0.15, 0.2) is 0 Å². The van der Waals surface area contributed by atoms with Gasteiger partial charge in [-0.25, -0.2) is 4.79 Å². The summed E-state index contributed by atoms with van der Waals surface area (Å²) in [5.74, 6) is -6.24. The number of carbonyl (C=O) groups excluding carboxylic acids is 7. The van der Waals surface area contributed by atoms with Gasteiger partial charge >= 0.3 is 5.97 Å². The number of aliphatic hydroxyl groups is 1. The number of phenolic OH excluding ortho intramolecular Hbond substituents is 1. The highest BCUT2D eigenvalue weighted by atomic mass is 32.2. The summed E-state index contributed by atoms with van der Waals surface area (Å²) in [4.78, 5) is 103. The molecule has 0 aliphatic carbocycles. The Kier molecular flexibility index (Phi) is 19.6. The summed E-state index contributed by atoms with van der Waals surface area (Å²) >= 11 is 2.85. The Morgan fingerprint density at radius 2 is 1.41 bits per heavy atom. The molecule has 1 aliphatic rings. The molecule has 1 aliphatic heterocycles. The number of carboxylic acid groups (broad SMARTS) is 1. The molecule has 1 aromatic carbocycles. The summed E-state index contributed by atoms with van der Waals surface area (Å²) in [7, 11) is 0. The maximum atomic E-state index is 13.4. The van der Waals surface area contributed by atoms with Gasteiger partial charge in [0.2, 0.25) is 41.4 Å². The van der Waals surface area contributed by atoms with E-state index in [0.29, 0.717) is 29.9 Å². The minimum Gasteiger partial charge on any atom is -0.508 e. The Labute approximate surface area is 320 Å². The number of aliphatic carboxylic acids is 1. The first-order valence-electron chi connectivity index (χ1n) is 17.0. The largest absolute Gasteiger partial charge is 0.508 e. The molecule has 1 saturated heterocycles. The smallest absolute Gasteiger partial charge is 0.326 e. The van der Waals surface area contributed by atoms with Crippen LogP contribution >= 0.6 is 23.5 Å². The number of carboxylic acids is 1. The number of nitrogens with one attached hydrogen (secondary N) is 5. The summed E-state index contributed by atoms with van der Waals surface area (Å²) < 4.78 is 0. The van der Waals surface area contributed by atoms with Gasteiger partial charge in [0.1, 0.15) is 36.0 Å². The molecule has 300 valence electrons. The Morgan fingerprint density at radius 1 is 0.833 bits per heavy atom. The van der Waals surface area contributed by atoms with E-state index in [-0.39, 0.29) is 31.6 Å². The lowest BCUT2D eigenvalue weighted by molar-refractivity contribution is -0.142. The van der Waals surface area contributed by atoms with E-state index >= 15 is 0 Å². The molecule has 1 heterocycles. The zero-order valence-corrected chi connectivity index (χ0v) is 31.7. The van der Waals surface area contributed by atoms with Crippen molar-refractivity contribution in [2.45, 2.75) is 74.8 Å². The Hall–Kier alpha value is -4.60. The number of nitrogens with zero attached hydrogens (tertiary/aromatic N) is 1. The summed E-state index contributed by atoms with van der Waals surface area (Å²) in [6, 6.07) is -2.19. The number of benzene rings is 1. The Bertz CT molecular complexity index is 1490. The number of aromatic hydroxyl groups is 1. The topological polar surface area (TPSA) is 313 Å². The minimum atomic E-state index is -1.67. The van der Waals surface area contributed by atoms with E-state index in [4.69, 9.17) is 11.5 Å². The van der Waals surface area contributed by atoms with Crippen LogP contribution in [0.5, 0.6) is 5.75 Å². The van der Waals surface area contributed by atoms with Crippen LogP contribution in [-0.4, -0.2) is 148 Å². The maximum Gasteiger partial charge on any atom is 0.326 e. The quantitative estimate of drug-likeness (QED) is 0.0521. The summed E-state index contributed by atoms with van der Waals surface area (Å²) in [6.45, 7) is -1.16. The number of hydrogen-bond donors (Lipinski definition) is 10. The van der Waals surface area contributed by atoms with Gasteiger partial charge in [0.05, 0.1) is 25.6 Å². The van der Waals surface area contributed by atoms with Gasteiger partial charge in [-0.3, -0.25) is 33.6 Å². The van der Waals surface area contributed by atoms with Gasteiger partial charge < -0.3 is 58.3 Å². The van der Waals surface area contributed by atoms with Gasteiger partial charge in [-0.2, -0.15) is 23.5 Å². The van der Waals surface area contributed by atoms with E-state index in [0.717, 1.165) is 0 Å². The Morgan fingerprint density at radius 3 is 2.00 bits per heavy atom. The fourth-order valence-electron chi connectivity index (χ4n) is 5.37. The molecule has 7 amide bonds. The van der Waals surface area contributed by atoms with Crippen LogP contribution in [0.3, 0.4) is 0 Å². The van der Waals surface area contributed by atoms with Gasteiger partial charge in [-0.1, -0.05) is 12.1 Å². The molecule has 12 N–H and O–H groups in total. The molecule has 0 saturated carbocycles. The monoisotopic (exact) mass is 798 g/mol. The highest BCUT2D eigenvalue weighted by Crippen LogP contribution is 2.18. The standard InChI is InChI=1S/C33H50N8O11S2/c1-53-12-9-20(34)28(46)36-16-27(45)41-11-3-4-25(41)32(50)40-24(17-42)31(49)38-22(15-26(35)44)30(48)37-21(10-13-54-2)29(47)39-23(33(51)52)14-18-5-7-19(43)8-6-18/h5-8,20-25,42-43H,3-4,9-17,34H2,1-2H3,(H2,35,44)(H,36,46)(H,37,48)(H,38,49)(H,39,47)(H,40,50)(H,51,52)/t20-,21-,22-,23-,24-,25-/m0/s1. The second-order valence-electron chi connectivity index (χ2n) is 12.4. The average molecular weight is 799 g/mol. The highest BCUT2D eigenvalue weighted by Gasteiger charge is 2.37. The molecule has 1 fully saturated rings. The van der Waals surface area contributed by atoms with Crippen molar-refractivity contribution in [1.82, 2.24) is 31.5 Å². The first kappa shape index (κ1) is 45.6. The van der Waals surface area contributed by atoms with E-state index in [1.165, 1.54) is 52.7 Å². The van der Waals surface area contributed by atoms with Crippen LogP contribution in [0.1, 0.15) is 37.7 Å². The fourth-order valence-corrected chi connectivity index (χ4v) is 6.33. The first-order valence-corrected chi connectivity index (χ1v) is 19.8. The number of aliphatic hydroxyl groups excluding tert-OH is 1. The van der Waals surface area contributed by atoms with Crippen LogP contribution in [0.25, 0.3) is 0 Å². The predicted octanol–water partition coefficient (Wildman–Crippen LogP) is -3.23. The maximum absolute atomic E-state index is 13.4. The second kappa shape index (κ2) is 23.2. The van der Waals surface area contributed by atoms with E-state index in [1.807, 2.05) is 6.26 Å². The summed E-state index contributed by atoms with van der Waals surface area (Å²) in [5, 5.41) is 41.2. The molecule has 21 heteroatoms. The number of phenols is 1. The second-order valence-corrected chi connectivity index (χ2v) is 14.4. The molecule has 0 radical (unpaired) electrons. The van der Waals surface area contributed by atoms with Crippen molar-refractivity contribution < 1.29 is 53.7 Å². The summed E-state index contributed by atoms with van der Waals surface area (Å²) in [5.41, 5.74) is 11.7. The van der Waals surface area contributed by atoms with Crippen molar-refractivity contribution in [3.8, 4) is 5.75 Å². The average Bonchev–Trinajstić information content (AvgIpc) is 3.63. The van der Waals surface area contributed by atoms with Crippen molar-refractivity contribution in [1.29, 1.82) is 0 Å². The molecule has 2 rings (SSSR count). The molecule has 0 spiro atoms. The van der Waals surface area contributed by atoms with Crippen molar-refractivity contribution in [3.63, 3.8) is 0 Å². The normalized spacial score (nSPS) is 16.5. The SMILES string of the molecule is CSCC[C@H](NC(=O)[C@H](CC(N)=O)NC(=O)[C@H](CO)NC(=O)[C@@H]1CCCN1C(=O)CNC(=O)[C@@H](N)CCSC)C(=O)N[C@@H](Cc1ccc(O)cc1)C(=O)O. The number of primary amides is 1. The number of hydrogen-bond acceptors (Lipinski definition) is 13. The third kappa shape index (κ3) is 15.0. The molecule has 0 bridgehead atoms. The number of carbonyl (C=O) groups is 8. The number of likely N-dealkylation sites (tertiary alicyclic amines) is 1. The number of amides is 7. The van der Waals surface area contributed by atoms with Crippen molar-refractivity contribution in [3.05, 3.63) is 29.8 Å². The molecule has 0 aromatic heterocycles. The lowest BCUT2D eigenvalue weighted by Gasteiger charge is -2.27. The van der Waals surface area contributed by atoms with Crippen LogP contribution < -0.4 is 38.1 Å². The first-order chi connectivity index (χ1) is 25.6. The molecule has 6 atom stereocenters.